The molecule has 4 heteroatoms. The van der Waals surface area contributed by atoms with Crippen LogP contribution in [0.4, 0.5) is 0 Å². The van der Waals surface area contributed by atoms with Gasteiger partial charge in [0.2, 0.25) is 5.91 Å². The molecule has 2 aliphatic carbocycles. The van der Waals surface area contributed by atoms with E-state index in [0.717, 1.165) is 24.6 Å². The quantitative estimate of drug-likeness (QED) is 0.742. The minimum atomic E-state index is 0.154. The Kier molecular flexibility index (Phi) is 2.88. The van der Waals surface area contributed by atoms with E-state index in [1.807, 2.05) is 11.8 Å². The Morgan fingerprint density at radius 1 is 1.19 bits per heavy atom. The molecular formula is C12H20N2OS. The summed E-state index contributed by atoms with van der Waals surface area (Å²) in [6, 6.07) is 0.154. The van der Waals surface area contributed by atoms with Crippen molar-refractivity contribution in [3.8, 4) is 0 Å². The molecule has 1 amide bonds. The Morgan fingerprint density at radius 2 is 1.88 bits per heavy atom. The van der Waals surface area contributed by atoms with Crippen molar-refractivity contribution in [2.75, 3.05) is 24.6 Å². The Morgan fingerprint density at radius 3 is 2.50 bits per heavy atom. The van der Waals surface area contributed by atoms with Gasteiger partial charge in [-0.2, -0.15) is 11.8 Å². The van der Waals surface area contributed by atoms with E-state index in [0.29, 0.717) is 17.7 Å². The highest BCUT2D eigenvalue weighted by atomic mass is 32.2. The maximum atomic E-state index is 12.4. The van der Waals surface area contributed by atoms with Crippen LogP contribution in [-0.4, -0.2) is 41.4 Å². The van der Waals surface area contributed by atoms with Gasteiger partial charge in [0, 0.05) is 30.6 Å². The summed E-state index contributed by atoms with van der Waals surface area (Å²) in [6.45, 7) is 1.87. The lowest BCUT2D eigenvalue weighted by Gasteiger charge is -2.34. The summed E-state index contributed by atoms with van der Waals surface area (Å²) in [5.41, 5.74) is 6.22. The Hall–Kier alpha value is -0.220. The number of hydrogen-bond acceptors (Lipinski definition) is 3. The summed E-state index contributed by atoms with van der Waals surface area (Å²) < 4.78 is 0. The number of amides is 1. The van der Waals surface area contributed by atoms with Crippen molar-refractivity contribution in [1.29, 1.82) is 0 Å². The minimum Gasteiger partial charge on any atom is -0.341 e. The first-order valence-electron chi connectivity index (χ1n) is 6.39. The van der Waals surface area contributed by atoms with Gasteiger partial charge in [0.25, 0.3) is 0 Å². The predicted octanol–water partition coefficient (Wildman–Crippen LogP) is 0.935. The van der Waals surface area contributed by atoms with Crippen LogP contribution >= 0.6 is 11.8 Å². The maximum absolute atomic E-state index is 12.4. The summed E-state index contributed by atoms with van der Waals surface area (Å²) >= 11 is 1.95. The molecule has 1 heterocycles. The molecule has 1 saturated heterocycles. The van der Waals surface area contributed by atoms with Gasteiger partial charge >= 0.3 is 0 Å². The lowest BCUT2D eigenvalue weighted by atomic mass is 9.84. The SMILES string of the molecule is NC1C2CCC(C2)C1C(=O)N1CCSCC1. The first kappa shape index (κ1) is 10.9. The van der Waals surface area contributed by atoms with E-state index in [1.54, 1.807) is 0 Å². The molecule has 0 aromatic rings. The number of nitrogens with zero attached hydrogens (tertiary/aromatic N) is 1. The van der Waals surface area contributed by atoms with Crippen LogP contribution in [0.5, 0.6) is 0 Å². The van der Waals surface area contributed by atoms with E-state index in [4.69, 9.17) is 5.73 Å². The van der Waals surface area contributed by atoms with Crippen molar-refractivity contribution in [3.05, 3.63) is 0 Å². The number of hydrogen-bond donors (Lipinski definition) is 1. The summed E-state index contributed by atoms with van der Waals surface area (Å²) in [6.07, 6.45) is 3.70. The van der Waals surface area contributed by atoms with Crippen molar-refractivity contribution in [3.63, 3.8) is 0 Å². The zero-order valence-electron chi connectivity index (χ0n) is 9.60. The van der Waals surface area contributed by atoms with Crippen molar-refractivity contribution >= 4 is 17.7 Å². The van der Waals surface area contributed by atoms with Gasteiger partial charge in [-0.1, -0.05) is 0 Å². The predicted molar refractivity (Wildman–Crippen MR) is 66.2 cm³/mol. The average Bonchev–Trinajstić information content (AvgIpc) is 2.90. The number of thioether (sulfide) groups is 1. The minimum absolute atomic E-state index is 0.154. The number of carbonyl (C=O) groups is 1. The summed E-state index contributed by atoms with van der Waals surface area (Å²) in [5, 5.41) is 0. The van der Waals surface area contributed by atoms with Gasteiger partial charge in [-0.3, -0.25) is 4.79 Å². The largest absolute Gasteiger partial charge is 0.341 e. The van der Waals surface area contributed by atoms with Crippen LogP contribution in [0.15, 0.2) is 0 Å². The van der Waals surface area contributed by atoms with Crippen molar-refractivity contribution in [2.45, 2.75) is 25.3 Å². The molecule has 16 heavy (non-hydrogen) atoms. The third kappa shape index (κ3) is 1.66. The standard InChI is InChI=1S/C12H20N2OS/c13-11-9-2-1-8(7-9)10(11)12(15)14-3-5-16-6-4-14/h8-11H,1-7,13H2. The van der Waals surface area contributed by atoms with Crippen LogP contribution in [-0.2, 0) is 4.79 Å². The van der Waals surface area contributed by atoms with Gasteiger partial charge in [-0.05, 0) is 31.1 Å². The van der Waals surface area contributed by atoms with Crippen LogP contribution in [0, 0.1) is 17.8 Å². The van der Waals surface area contributed by atoms with Crippen LogP contribution < -0.4 is 5.73 Å². The van der Waals surface area contributed by atoms with Crippen LogP contribution in [0.1, 0.15) is 19.3 Å². The first-order valence-corrected chi connectivity index (χ1v) is 7.55. The van der Waals surface area contributed by atoms with Crippen LogP contribution in [0.25, 0.3) is 0 Å². The highest BCUT2D eigenvalue weighted by Gasteiger charge is 2.50. The number of fused-ring (bicyclic) bond motifs is 2. The smallest absolute Gasteiger partial charge is 0.227 e. The number of carbonyl (C=O) groups excluding carboxylic acids is 1. The molecule has 0 spiro atoms. The molecule has 0 aromatic carbocycles. The normalized spacial score (nSPS) is 42.7. The van der Waals surface area contributed by atoms with Gasteiger partial charge in [-0.25, -0.2) is 0 Å². The van der Waals surface area contributed by atoms with E-state index in [-0.39, 0.29) is 12.0 Å². The first-order chi connectivity index (χ1) is 7.77. The molecular weight excluding hydrogens is 220 g/mol. The second-order valence-electron chi connectivity index (χ2n) is 5.37. The molecule has 3 nitrogen and oxygen atoms in total. The second-order valence-corrected chi connectivity index (χ2v) is 6.60. The van der Waals surface area contributed by atoms with Gasteiger partial charge < -0.3 is 10.6 Å². The van der Waals surface area contributed by atoms with E-state index < -0.39 is 0 Å². The molecule has 3 rings (SSSR count). The van der Waals surface area contributed by atoms with Crippen LogP contribution in [0.2, 0.25) is 0 Å². The molecule has 3 aliphatic rings. The van der Waals surface area contributed by atoms with Gasteiger partial charge in [0.1, 0.15) is 0 Å². The molecule has 1 aliphatic heterocycles. The summed E-state index contributed by atoms with van der Waals surface area (Å²) in [4.78, 5) is 14.5. The van der Waals surface area contributed by atoms with Crippen molar-refractivity contribution < 1.29 is 4.79 Å². The Balaban J connectivity index is 1.70. The van der Waals surface area contributed by atoms with E-state index in [9.17, 15) is 4.79 Å². The summed E-state index contributed by atoms with van der Waals surface area (Å²) in [5.74, 6) is 3.95. The monoisotopic (exact) mass is 240 g/mol. The fraction of sp³-hybridized carbons (Fsp3) is 0.917. The van der Waals surface area contributed by atoms with E-state index in [1.165, 1.54) is 19.3 Å². The lowest BCUT2D eigenvalue weighted by molar-refractivity contribution is -0.137. The topological polar surface area (TPSA) is 46.3 Å². The molecule has 4 unspecified atom stereocenters. The zero-order chi connectivity index (χ0) is 11.1. The molecule has 2 bridgehead atoms. The number of nitrogens with two attached hydrogens (primary N) is 1. The lowest BCUT2D eigenvalue weighted by Crippen LogP contribution is -2.49. The van der Waals surface area contributed by atoms with E-state index >= 15 is 0 Å². The molecule has 2 N–H and O–H groups in total. The van der Waals surface area contributed by atoms with Gasteiger partial charge in [0.15, 0.2) is 0 Å². The van der Waals surface area contributed by atoms with Gasteiger partial charge in [0.05, 0.1) is 5.92 Å². The van der Waals surface area contributed by atoms with Gasteiger partial charge in [-0.15, -0.1) is 0 Å². The third-order valence-corrected chi connectivity index (χ3v) is 5.53. The van der Waals surface area contributed by atoms with E-state index in [2.05, 4.69) is 4.90 Å². The summed E-state index contributed by atoms with van der Waals surface area (Å²) in [7, 11) is 0. The molecule has 0 radical (unpaired) electrons. The second kappa shape index (κ2) is 4.22. The molecule has 3 fully saturated rings. The fourth-order valence-corrected chi connectivity index (χ4v) is 4.60. The molecule has 0 aromatic heterocycles. The third-order valence-electron chi connectivity index (χ3n) is 4.59. The average molecular weight is 240 g/mol. The van der Waals surface area contributed by atoms with Crippen molar-refractivity contribution in [2.24, 2.45) is 23.5 Å². The van der Waals surface area contributed by atoms with Crippen molar-refractivity contribution in [1.82, 2.24) is 4.90 Å². The Bertz CT molecular complexity index is 289. The number of rotatable bonds is 1. The molecule has 4 atom stereocenters. The van der Waals surface area contributed by atoms with Crippen LogP contribution in [0.3, 0.4) is 0 Å². The molecule has 90 valence electrons. The maximum Gasteiger partial charge on any atom is 0.227 e. The Labute approximate surface area is 101 Å². The highest BCUT2D eigenvalue weighted by Crippen LogP contribution is 2.48. The molecule has 2 saturated carbocycles. The fourth-order valence-electron chi connectivity index (χ4n) is 3.70. The highest BCUT2D eigenvalue weighted by molar-refractivity contribution is 7.99. The zero-order valence-corrected chi connectivity index (χ0v) is 10.4.